The fourth-order valence-corrected chi connectivity index (χ4v) is 4.38. The molecule has 2 unspecified atom stereocenters. The molecule has 0 spiro atoms. The predicted molar refractivity (Wildman–Crippen MR) is 91.4 cm³/mol. The van der Waals surface area contributed by atoms with Gasteiger partial charge in [0.2, 0.25) is 0 Å². The van der Waals surface area contributed by atoms with Crippen molar-refractivity contribution < 1.29 is 9.47 Å². The number of methoxy groups -OCH3 is 2. The maximum Gasteiger partial charge on any atom is 0.0843 e. The molecule has 0 fully saturated rings. The van der Waals surface area contributed by atoms with Crippen LogP contribution in [0.2, 0.25) is 0 Å². The zero-order valence-corrected chi connectivity index (χ0v) is 16.1. The number of thiophene rings is 1. The average Bonchev–Trinajstić information content (AvgIpc) is 2.74. The van der Waals surface area contributed by atoms with Crippen LogP contribution in [0.3, 0.4) is 0 Å². The molecule has 1 aromatic heterocycles. The molecule has 1 rings (SSSR count). The molecule has 2 atom stereocenters. The van der Waals surface area contributed by atoms with Crippen molar-refractivity contribution in [3.63, 3.8) is 0 Å². The van der Waals surface area contributed by atoms with Crippen molar-refractivity contribution in [1.82, 2.24) is 4.90 Å². The van der Waals surface area contributed by atoms with Crippen molar-refractivity contribution in [2.24, 2.45) is 5.73 Å². The molecule has 0 aliphatic carbocycles. The summed E-state index contributed by atoms with van der Waals surface area (Å²) >= 11 is 8.79. The monoisotopic (exact) mass is 428 g/mol. The molecule has 116 valence electrons. The van der Waals surface area contributed by atoms with Crippen molar-refractivity contribution in [1.29, 1.82) is 0 Å². The third-order valence-electron chi connectivity index (χ3n) is 3.14. The number of nitrogens with zero attached hydrogens (tertiary/aromatic N) is 1. The molecule has 0 bridgehead atoms. The summed E-state index contributed by atoms with van der Waals surface area (Å²) < 4.78 is 12.7. The van der Waals surface area contributed by atoms with Crippen LogP contribution in [0.1, 0.15) is 17.8 Å². The highest BCUT2D eigenvalue weighted by Gasteiger charge is 2.25. The van der Waals surface area contributed by atoms with Gasteiger partial charge in [0.1, 0.15) is 0 Å². The van der Waals surface area contributed by atoms with E-state index in [0.717, 1.165) is 14.8 Å². The van der Waals surface area contributed by atoms with Gasteiger partial charge in [-0.3, -0.25) is 4.90 Å². The molecule has 0 aromatic carbocycles. The first-order valence-electron chi connectivity index (χ1n) is 6.43. The molecule has 1 heterocycles. The first-order chi connectivity index (χ1) is 9.54. The minimum Gasteiger partial charge on any atom is -0.383 e. The Labute approximate surface area is 141 Å². The lowest BCUT2D eigenvalue weighted by molar-refractivity contribution is 0.0496. The largest absolute Gasteiger partial charge is 0.383 e. The van der Waals surface area contributed by atoms with Crippen LogP contribution in [0, 0.1) is 0 Å². The molecule has 0 amide bonds. The van der Waals surface area contributed by atoms with E-state index in [9.17, 15) is 0 Å². The second-order valence-corrected chi connectivity index (χ2v) is 7.81. The molecule has 0 radical (unpaired) electrons. The lowest BCUT2D eigenvalue weighted by Crippen LogP contribution is -2.43. The Hall–Kier alpha value is 0.500. The maximum atomic E-state index is 6.02. The summed E-state index contributed by atoms with van der Waals surface area (Å²) in [4.78, 5) is 3.59. The van der Waals surface area contributed by atoms with Gasteiger partial charge in [0.25, 0.3) is 0 Å². The Morgan fingerprint density at radius 2 is 2.05 bits per heavy atom. The van der Waals surface area contributed by atoms with Gasteiger partial charge < -0.3 is 15.2 Å². The SMILES string of the molecule is COCCN(C(C)COC)C(CN)c1cc(Br)c(Br)s1. The Kier molecular flexibility index (Phi) is 8.81. The molecule has 0 saturated heterocycles. The van der Waals surface area contributed by atoms with Gasteiger partial charge in [0, 0.05) is 42.7 Å². The van der Waals surface area contributed by atoms with Gasteiger partial charge in [-0.25, -0.2) is 0 Å². The van der Waals surface area contributed by atoms with Gasteiger partial charge in [0.15, 0.2) is 0 Å². The van der Waals surface area contributed by atoms with E-state index in [1.807, 2.05) is 0 Å². The van der Waals surface area contributed by atoms with Crippen molar-refractivity contribution >= 4 is 43.2 Å². The summed E-state index contributed by atoms with van der Waals surface area (Å²) in [6.45, 7) is 4.90. The Balaban J connectivity index is 2.94. The van der Waals surface area contributed by atoms with Gasteiger partial charge in [-0.05, 0) is 44.8 Å². The van der Waals surface area contributed by atoms with Crippen LogP contribution in [0.25, 0.3) is 0 Å². The van der Waals surface area contributed by atoms with Crippen molar-refractivity contribution in [2.75, 3.05) is 40.5 Å². The van der Waals surface area contributed by atoms with Crippen LogP contribution in [0.4, 0.5) is 0 Å². The zero-order valence-electron chi connectivity index (χ0n) is 12.1. The van der Waals surface area contributed by atoms with Crippen LogP contribution in [-0.4, -0.2) is 51.5 Å². The van der Waals surface area contributed by atoms with E-state index < -0.39 is 0 Å². The second-order valence-electron chi connectivity index (χ2n) is 4.56. The smallest absolute Gasteiger partial charge is 0.0843 e. The molecule has 0 saturated carbocycles. The van der Waals surface area contributed by atoms with Crippen LogP contribution in [-0.2, 0) is 9.47 Å². The van der Waals surface area contributed by atoms with Crippen molar-refractivity contribution in [3.8, 4) is 0 Å². The third kappa shape index (κ3) is 5.05. The highest BCUT2D eigenvalue weighted by Crippen LogP contribution is 2.37. The number of hydrogen-bond donors (Lipinski definition) is 1. The van der Waals surface area contributed by atoms with E-state index in [2.05, 4.69) is 49.7 Å². The first-order valence-corrected chi connectivity index (χ1v) is 8.83. The lowest BCUT2D eigenvalue weighted by atomic mass is 10.1. The maximum absolute atomic E-state index is 6.02. The normalized spacial score (nSPS) is 14.8. The Morgan fingerprint density at radius 1 is 1.35 bits per heavy atom. The summed E-state index contributed by atoms with van der Waals surface area (Å²) in [6, 6.07) is 2.58. The Bertz CT molecular complexity index is 384. The van der Waals surface area contributed by atoms with Gasteiger partial charge in [-0.2, -0.15) is 0 Å². The van der Waals surface area contributed by atoms with Crippen molar-refractivity contribution in [2.45, 2.75) is 19.0 Å². The van der Waals surface area contributed by atoms with E-state index in [0.29, 0.717) is 19.8 Å². The zero-order chi connectivity index (χ0) is 15.1. The number of ether oxygens (including phenoxy) is 2. The van der Waals surface area contributed by atoms with Crippen LogP contribution in [0.15, 0.2) is 14.3 Å². The number of hydrogen-bond acceptors (Lipinski definition) is 5. The number of nitrogens with two attached hydrogens (primary N) is 1. The minimum atomic E-state index is 0.169. The standard InChI is InChI=1S/C13H22Br2N2O2S/c1-9(8-19-3)17(4-5-18-2)11(7-16)12-6-10(14)13(15)20-12/h6,9,11H,4-5,7-8,16H2,1-3H3. The fourth-order valence-electron chi connectivity index (χ4n) is 2.16. The van der Waals surface area contributed by atoms with Gasteiger partial charge in [0.05, 0.1) is 23.0 Å². The molecule has 1 aromatic rings. The first kappa shape index (κ1) is 18.5. The van der Waals surface area contributed by atoms with Gasteiger partial charge in [-0.15, -0.1) is 11.3 Å². The van der Waals surface area contributed by atoms with Crippen LogP contribution < -0.4 is 5.73 Å². The minimum absolute atomic E-state index is 0.169. The predicted octanol–water partition coefficient (Wildman–Crippen LogP) is 3.26. The lowest BCUT2D eigenvalue weighted by Gasteiger charge is -2.35. The summed E-state index contributed by atoms with van der Waals surface area (Å²) in [5.74, 6) is 0. The average molecular weight is 430 g/mol. The number of rotatable bonds is 9. The molecule has 0 aliphatic heterocycles. The van der Waals surface area contributed by atoms with Gasteiger partial charge >= 0.3 is 0 Å². The highest BCUT2D eigenvalue weighted by atomic mass is 79.9. The molecule has 20 heavy (non-hydrogen) atoms. The quantitative estimate of drug-likeness (QED) is 0.654. The summed E-state index contributed by atoms with van der Waals surface area (Å²) in [5, 5.41) is 0. The topological polar surface area (TPSA) is 47.7 Å². The summed E-state index contributed by atoms with van der Waals surface area (Å²) in [6.07, 6.45) is 0. The fraction of sp³-hybridized carbons (Fsp3) is 0.692. The van der Waals surface area contributed by atoms with E-state index >= 15 is 0 Å². The van der Waals surface area contributed by atoms with E-state index in [4.69, 9.17) is 15.2 Å². The molecule has 0 aliphatic rings. The van der Waals surface area contributed by atoms with Crippen LogP contribution >= 0.6 is 43.2 Å². The van der Waals surface area contributed by atoms with E-state index in [1.165, 1.54) is 4.88 Å². The molecule has 4 nitrogen and oxygen atoms in total. The molecule has 7 heteroatoms. The summed E-state index contributed by atoms with van der Waals surface area (Å²) in [5.41, 5.74) is 6.02. The van der Waals surface area contributed by atoms with Crippen LogP contribution in [0.5, 0.6) is 0 Å². The third-order valence-corrected chi connectivity index (χ3v) is 6.50. The highest BCUT2D eigenvalue weighted by molar-refractivity contribution is 9.13. The van der Waals surface area contributed by atoms with E-state index in [1.54, 1.807) is 25.6 Å². The van der Waals surface area contributed by atoms with Gasteiger partial charge in [-0.1, -0.05) is 0 Å². The molecular weight excluding hydrogens is 408 g/mol. The summed E-state index contributed by atoms with van der Waals surface area (Å²) in [7, 11) is 3.44. The van der Waals surface area contributed by atoms with E-state index in [-0.39, 0.29) is 12.1 Å². The van der Waals surface area contributed by atoms with Crippen molar-refractivity contribution in [3.05, 3.63) is 19.2 Å². The second kappa shape index (κ2) is 9.50. The Morgan fingerprint density at radius 3 is 2.50 bits per heavy atom. The number of halogens is 2. The molecule has 2 N–H and O–H groups in total. The molecular formula is C13H22Br2N2O2S.